The largest absolute Gasteiger partial charge is 0.481 e. The number of ether oxygens (including phenoxy) is 1. The molecule has 1 rings (SSSR count). The summed E-state index contributed by atoms with van der Waals surface area (Å²) in [7, 11) is 1.35. The average Bonchev–Trinajstić information content (AvgIpc) is 2.44. The van der Waals surface area contributed by atoms with Crippen molar-refractivity contribution in [3.05, 3.63) is 29.8 Å². The number of carboxylic acids is 1. The van der Waals surface area contributed by atoms with Crippen molar-refractivity contribution in [2.45, 2.75) is 31.1 Å². The Balaban J connectivity index is 2.63. The summed E-state index contributed by atoms with van der Waals surface area (Å²) in [6.45, 7) is 2.05. The molecule has 5 heteroatoms. The highest BCUT2D eigenvalue weighted by atomic mass is 32.2. The van der Waals surface area contributed by atoms with Crippen molar-refractivity contribution in [1.82, 2.24) is 0 Å². The zero-order chi connectivity index (χ0) is 15.0. The Morgan fingerprint density at radius 2 is 2.15 bits per heavy atom. The molecule has 20 heavy (non-hydrogen) atoms. The van der Waals surface area contributed by atoms with Crippen LogP contribution in [0, 0.1) is 5.92 Å². The van der Waals surface area contributed by atoms with Crippen LogP contribution in [0.25, 0.3) is 0 Å². The highest BCUT2D eigenvalue weighted by molar-refractivity contribution is 7.99. The standard InChI is InChI=1S/C15H20O4S/c1-3-5-11(8-14(16)17)10-20-13-7-4-6-12(9-13)15(18)19-2/h4,6-7,9,11H,3,5,8,10H2,1-2H3,(H,16,17). The minimum Gasteiger partial charge on any atom is -0.481 e. The van der Waals surface area contributed by atoms with Crippen molar-refractivity contribution in [3.63, 3.8) is 0 Å². The first-order valence-corrected chi connectivity index (χ1v) is 7.58. The van der Waals surface area contributed by atoms with Gasteiger partial charge in [-0.05, 0) is 30.5 Å². The lowest BCUT2D eigenvalue weighted by atomic mass is 10.0. The van der Waals surface area contributed by atoms with Gasteiger partial charge in [-0.3, -0.25) is 4.79 Å². The van der Waals surface area contributed by atoms with Gasteiger partial charge in [-0.15, -0.1) is 11.8 Å². The second-order valence-corrected chi connectivity index (χ2v) is 5.68. The molecular formula is C15H20O4S. The van der Waals surface area contributed by atoms with Gasteiger partial charge in [-0.25, -0.2) is 4.79 Å². The lowest BCUT2D eigenvalue weighted by Gasteiger charge is -2.13. The van der Waals surface area contributed by atoms with Crippen molar-refractivity contribution in [2.75, 3.05) is 12.9 Å². The maximum absolute atomic E-state index is 11.4. The minimum absolute atomic E-state index is 0.157. The Bertz CT molecular complexity index is 459. The van der Waals surface area contributed by atoms with Crippen LogP contribution >= 0.6 is 11.8 Å². The predicted molar refractivity (Wildman–Crippen MR) is 79.2 cm³/mol. The second kappa shape index (κ2) is 8.64. The molecule has 0 bridgehead atoms. The molecule has 4 nitrogen and oxygen atoms in total. The number of aliphatic carboxylic acids is 1. The van der Waals surface area contributed by atoms with Gasteiger partial charge in [0, 0.05) is 17.1 Å². The number of carbonyl (C=O) groups excluding carboxylic acids is 1. The summed E-state index contributed by atoms with van der Waals surface area (Å²) < 4.78 is 4.68. The highest BCUT2D eigenvalue weighted by Crippen LogP contribution is 2.25. The summed E-state index contributed by atoms with van der Waals surface area (Å²) in [6.07, 6.45) is 2.06. The molecule has 0 aliphatic rings. The van der Waals surface area contributed by atoms with Gasteiger partial charge in [0.1, 0.15) is 0 Å². The van der Waals surface area contributed by atoms with Crippen LogP contribution in [0.2, 0.25) is 0 Å². The molecule has 1 unspecified atom stereocenters. The molecule has 0 spiro atoms. The average molecular weight is 296 g/mol. The van der Waals surface area contributed by atoms with Gasteiger partial charge in [-0.2, -0.15) is 0 Å². The van der Waals surface area contributed by atoms with Gasteiger partial charge < -0.3 is 9.84 Å². The molecule has 1 atom stereocenters. The number of thioether (sulfide) groups is 1. The van der Waals surface area contributed by atoms with E-state index in [0.29, 0.717) is 5.56 Å². The van der Waals surface area contributed by atoms with E-state index in [-0.39, 0.29) is 18.3 Å². The molecule has 1 aromatic carbocycles. The fourth-order valence-corrected chi connectivity index (χ4v) is 3.04. The van der Waals surface area contributed by atoms with Crippen LogP contribution in [0.5, 0.6) is 0 Å². The Hall–Kier alpha value is -1.49. The number of carboxylic acid groups (broad SMARTS) is 1. The normalized spacial score (nSPS) is 11.9. The fraction of sp³-hybridized carbons (Fsp3) is 0.467. The van der Waals surface area contributed by atoms with Crippen LogP contribution in [0.4, 0.5) is 0 Å². The number of rotatable bonds is 8. The Labute approximate surface area is 123 Å². The maximum Gasteiger partial charge on any atom is 0.337 e. The third kappa shape index (κ3) is 5.65. The molecule has 0 aliphatic heterocycles. The Morgan fingerprint density at radius 1 is 1.40 bits per heavy atom. The SMILES string of the molecule is CCCC(CSc1cccc(C(=O)OC)c1)CC(=O)O. The van der Waals surface area contributed by atoms with E-state index in [0.717, 1.165) is 23.5 Å². The number of benzene rings is 1. The zero-order valence-electron chi connectivity index (χ0n) is 11.8. The first-order valence-electron chi connectivity index (χ1n) is 6.59. The van der Waals surface area contributed by atoms with Crippen LogP contribution in [0.1, 0.15) is 36.5 Å². The van der Waals surface area contributed by atoms with Crippen LogP contribution in [-0.2, 0) is 9.53 Å². The van der Waals surface area contributed by atoms with Gasteiger partial charge in [0.15, 0.2) is 0 Å². The summed E-state index contributed by atoms with van der Waals surface area (Å²) in [6, 6.07) is 7.21. The number of hydrogen-bond acceptors (Lipinski definition) is 4. The van der Waals surface area contributed by atoms with E-state index in [9.17, 15) is 9.59 Å². The summed E-state index contributed by atoms with van der Waals surface area (Å²) in [5, 5.41) is 8.89. The van der Waals surface area contributed by atoms with Crippen LogP contribution < -0.4 is 0 Å². The van der Waals surface area contributed by atoms with E-state index >= 15 is 0 Å². The van der Waals surface area contributed by atoms with Crippen molar-refractivity contribution < 1.29 is 19.4 Å². The van der Waals surface area contributed by atoms with Gasteiger partial charge >= 0.3 is 11.9 Å². The lowest BCUT2D eigenvalue weighted by Crippen LogP contribution is -2.10. The van der Waals surface area contributed by atoms with Crippen molar-refractivity contribution in [1.29, 1.82) is 0 Å². The Kier molecular flexibility index (Phi) is 7.15. The van der Waals surface area contributed by atoms with Crippen molar-refractivity contribution in [2.24, 2.45) is 5.92 Å². The molecule has 0 saturated carbocycles. The zero-order valence-corrected chi connectivity index (χ0v) is 12.6. The van der Waals surface area contributed by atoms with Gasteiger partial charge in [0.2, 0.25) is 0 Å². The minimum atomic E-state index is -0.757. The van der Waals surface area contributed by atoms with Crippen LogP contribution in [0.15, 0.2) is 29.2 Å². The first kappa shape index (κ1) is 16.6. The number of hydrogen-bond donors (Lipinski definition) is 1. The van der Waals surface area contributed by atoms with E-state index in [1.54, 1.807) is 30.0 Å². The van der Waals surface area contributed by atoms with E-state index in [1.165, 1.54) is 7.11 Å². The molecule has 1 N–H and O–H groups in total. The fourth-order valence-electron chi connectivity index (χ4n) is 1.94. The predicted octanol–water partition coefficient (Wildman–Crippen LogP) is 3.46. The number of esters is 1. The first-order chi connectivity index (χ1) is 9.56. The monoisotopic (exact) mass is 296 g/mol. The van der Waals surface area contributed by atoms with E-state index in [4.69, 9.17) is 5.11 Å². The summed E-state index contributed by atoms with van der Waals surface area (Å²) in [4.78, 5) is 23.2. The second-order valence-electron chi connectivity index (χ2n) is 4.58. The van der Waals surface area contributed by atoms with Crippen molar-refractivity contribution >= 4 is 23.7 Å². The van der Waals surface area contributed by atoms with Gasteiger partial charge in [0.05, 0.1) is 12.7 Å². The molecule has 0 fully saturated rings. The highest BCUT2D eigenvalue weighted by Gasteiger charge is 2.13. The molecule has 110 valence electrons. The quantitative estimate of drug-likeness (QED) is 0.588. The summed E-state index contributed by atoms with van der Waals surface area (Å²) >= 11 is 1.58. The van der Waals surface area contributed by atoms with E-state index in [1.807, 2.05) is 6.07 Å². The molecule has 0 saturated heterocycles. The molecule has 0 aliphatic carbocycles. The lowest BCUT2D eigenvalue weighted by molar-refractivity contribution is -0.137. The van der Waals surface area contributed by atoms with Gasteiger partial charge in [0.25, 0.3) is 0 Å². The molecule has 0 amide bonds. The smallest absolute Gasteiger partial charge is 0.337 e. The topological polar surface area (TPSA) is 63.6 Å². The van der Waals surface area contributed by atoms with E-state index in [2.05, 4.69) is 11.7 Å². The molecule has 0 radical (unpaired) electrons. The number of methoxy groups -OCH3 is 1. The van der Waals surface area contributed by atoms with Crippen LogP contribution in [0.3, 0.4) is 0 Å². The third-order valence-electron chi connectivity index (χ3n) is 2.90. The maximum atomic E-state index is 11.4. The molecular weight excluding hydrogens is 276 g/mol. The van der Waals surface area contributed by atoms with Crippen LogP contribution in [-0.4, -0.2) is 29.9 Å². The van der Waals surface area contributed by atoms with Crippen molar-refractivity contribution in [3.8, 4) is 0 Å². The molecule has 0 heterocycles. The summed E-state index contributed by atoms with van der Waals surface area (Å²) in [5.74, 6) is -0.218. The third-order valence-corrected chi connectivity index (χ3v) is 4.13. The molecule has 0 aromatic heterocycles. The van der Waals surface area contributed by atoms with Gasteiger partial charge in [-0.1, -0.05) is 19.4 Å². The Morgan fingerprint density at radius 3 is 2.75 bits per heavy atom. The number of carbonyl (C=O) groups is 2. The molecule has 1 aromatic rings. The summed E-state index contributed by atoms with van der Waals surface area (Å²) in [5.41, 5.74) is 0.516. The van der Waals surface area contributed by atoms with E-state index < -0.39 is 5.97 Å².